The van der Waals surface area contributed by atoms with Crippen molar-refractivity contribution in [1.82, 2.24) is 0 Å². The summed E-state index contributed by atoms with van der Waals surface area (Å²) >= 11 is 0. The number of nitrogens with two attached hydrogens (primary N) is 1. The SMILES string of the molecule is CCS(=O)(=O)CCOc1ccccc1CC(C)N. The zero-order valence-electron chi connectivity index (χ0n) is 10.9. The molecule has 0 aliphatic carbocycles. The third-order valence-electron chi connectivity index (χ3n) is 2.61. The van der Waals surface area contributed by atoms with Crippen LogP contribution in [-0.4, -0.2) is 32.6 Å². The van der Waals surface area contributed by atoms with Crippen molar-refractivity contribution >= 4 is 9.84 Å². The molecule has 1 aromatic rings. The molecule has 1 unspecified atom stereocenters. The minimum atomic E-state index is -2.98. The predicted octanol–water partition coefficient (Wildman–Crippen LogP) is 1.39. The van der Waals surface area contributed by atoms with Gasteiger partial charge in [0.15, 0.2) is 9.84 Å². The average molecular weight is 271 g/mol. The van der Waals surface area contributed by atoms with Crippen molar-refractivity contribution in [2.45, 2.75) is 26.3 Å². The molecule has 1 atom stereocenters. The molecule has 0 fully saturated rings. The molecule has 1 aromatic carbocycles. The highest BCUT2D eigenvalue weighted by atomic mass is 32.2. The Morgan fingerprint density at radius 1 is 1.33 bits per heavy atom. The highest BCUT2D eigenvalue weighted by Gasteiger charge is 2.09. The molecule has 102 valence electrons. The molecular formula is C13H21NO3S. The van der Waals surface area contributed by atoms with Crippen LogP contribution in [0.15, 0.2) is 24.3 Å². The third kappa shape index (κ3) is 5.06. The van der Waals surface area contributed by atoms with E-state index in [1.54, 1.807) is 6.92 Å². The number of ether oxygens (including phenoxy) is 1. The molecule has 0 amide bonds. The number of rotatable bonds is 7. The van der Waals surface area contributed by atoms with Crippen LogP contribution in [0.4, 0.5) is 0 Å². The fourth-order valence-corrected chi connectivity index (χ4v) is 2.21. The van der Waals surface area contributed by atoms with Gasteiger partial charge in [0.1, 0.15) is 12.4 Å². The Hall–Kier alpha value is -1.07. The lowest BCUT2D eigenvalue weighted by molar-refractivity contribution is 0.336. The Bertz CT molecular complexity index is 469. The van der Waals surface area contributed by atoms with Crippen molar-refractivity contribution < 1.29 is 13.2 Å². The Morgan fingerprint density at radius 2 is 2.00 bits per heavy atom. The van der Waals surface area contributed by atoms with Crippen molar-refractivity contribution in [2.75, 3.05) is 18.1 Å². The van der Waals surface area contributed by atoms with Gasteiger partial charge in [-0.05, 0) is 25.0 Å². The molecule has 18 heavy (non-hydrogen) atoms. The smallest absolute Gasteiger partial charge is 0.153 e. The first-order valence-electron chi connectivity index (χ1n) is 6.11. The van der Waals surface area contributed by atoms with Crippen molar-refractivity contribution in [3.05, 3.63) is 29.8 Å². The summed E-state index contributed by atoms with van der Waals surface area (Å²) in [5.74, 6) is 0.925. The van der Waals surface area contributed by atoms with E-state index < -0.39 is 9.84 Å². The summed E-state index contributed by atoms with van der Waals surface area (Å²) in [4.78, 5) is 0. The summed E-state index contributed by atoms with van der Waals surface area (Å²) in [5, 5.41) is 0. The molecule has 0 spiro atoms. The van der Waals surface area contributed by atoms with Crippen molar-refractivity contribution in [2.24, 2.45) is 5.73 Å². The Labute approximate surface area is 109 Å². The van der Waals surface area contributed by atoms with Gasteiger partial charge in [0, 0.05) is 11.8 Å². The van der Waals surface area contributed by atoms with Crippen LogP contribution in [0.25, 0.3) is 0 Å². The first-order chi connectivity index (χ1) is 8.44. The number of hydrogen-bond acceptors (Lipinski definition) is 4. The molecule has 0 radical (unpaired) electrons. The number of benzene rings is 1. The minimum Gasteiger partial charge on any atom is -0.492 e. The number of para-hydroxylation sites is 1. The Balaban J connectivity index is 2.62. The second kappa shape index (κ2) is 6.75. The summed E-state index contributed by atoms with van der Waals surface area (Å²) in [6.07, 6.45) is 0.719. The zero-order chi connectivity index (χ0) is 13.6. The standard InChI is InChI=1S/C13H21NO3S/c1-3-18(15,16)9-8-17-13-7-5-4-6-12(13)10-11(2)14/h4-7,11H,3,8-10,14H2,1-2H3. The van der Waals surface area contributed by atoms with Gasteiger partial charge in [0.05, 0.1) is 5.75 Å². The summed E-state index contributed by atoms with van der Waals surface area (Å²) < 4.78 is 28.2. The molecule has 0 bridgehead atoms. The van der Waals surface area contributed by atoms with Crippen LogP contribution in [0.2, 0.25) is 0 Å². The zero-order valence-corrected chi connectivity index (χ0v) is 11.7. The van der Waals surface area contributed by atoms with Crippen LogP contribution in [0.5, 0.6) is 5.75 Å². The van der Waals surface area contributed by atoms with Crippen molar-refractivity contribution in [1.29, 1.82) is 0 Å². The van der Waals surface area contributed by atoms with Gasteiger partial charge in [-0.15, -0.1) is 0 Å². The molecule has 0 heterocycles. The second-order valence-corrected chi connectivity index (χ2v) is 6.85. The number of sulfone groups is 1. The van der Waals surface area contributed by atoms with E-state index in [0.29, 0.717) is 0 Å². The van der Waals surface area contributed by atoms with Gasteiger partial charge in [-0.25, -0.2) is 8.42 Å². The van der Waals surface area contributed by atoms with Gasteiger partial charge in [-0.1, -0.05) is 25.1 Å². The molecule has 0 aliphatic rings. The van der Waals surface area contributed by atoms with Gasteiger partial charge >= 0.3 is 0 Å². The van der Waals surface area contributed by atoms with Gasteiger partial charge < -0.3 is 10.5 Å². The van der Waals surface area contributed by atoms with Crippen LogP contribution in [0.3, 0.4) is 0 Å². The monoisotopic (exact) mass is 271 g/mol. The lowest BCUT2D eigenvalue weighted by Gasteiger charge is -2.12. The molecule has 2 N–H and O–H groups in total. The van der Waals surface area contributed by atoms with Crippen LogP contribution in [-0.2, 0) is 16.3 Å². The number of hydrogen-bond donors (Lipinski definition) is 1. The van der Waals surface area contributed by atoms with E-state index >= 15 is 0 Å². The van der Waals surface area contributed by atoms with E-state index in [9.17, 15) is 8.42 Å². The Kier molecular flexibility index (Phi) is 5.62. The van der Waals surface area contributed by atoms with Gasteiger partial charge in [-0.2, -0.15) is 0 Å². The molecule has 0 saturated carbocycles. The first-order valence-corrected chi connectivity index (χ1v) is 7.93. The molecule has 0 aliphatic heterocycles. The van der Waals surface area contributed by atoms with Crippen LogP contribution < -0.4 is 10.5 Å². The predicted molar refractivity (Wildman–Crippen MR) is 73.6 cm³/mol. The topological polar surface area (TPSA) is 69.4 Å². The fourth-order valence-electron chi connectivity index (χ4n) is 1.58. The summed E-state index contributed by atoms with van der Waals surface area (Å²) in [5.41, 5.74) is 6.78. The van der Waals surface area contributed by atoms with Crippen molar-refractivity contribution in [3.8, 4) is 5.75 Å². The summed E-state index contributed by atoms with van der Waals surface area (Å²) in [7, 11) is -2.98. The minimum absolute atomic E-state index is 0.0501. The van der Waals surface area contributed by atoms with E-state index in [1.807, 2.05) is 31.2 Å². The van der Waals surface area contributed by atoms with E-state index in [4.69, 9.17) is 10.5 Å². The van der Waals surface area contributed by atoms with E-state index in [-0.39, 0.29) is 24.2 Å². The van der Waals surface area contributed by atoms with E-state index in [1.165, 1.54) is 0 Å². The maximum atomic E-state index is 11.4. The fraction of sp³-hybridized carbons (Fsp3) is 0.538. The summed E-state index contributed by atoms with van der Waals surface area (Å²) in [6.45, 7) is 3.75. The first kappa shape index (κ1) is 15.0. The van der Waals surface area contributed by atoms with E-state index in [2.05, 4.69) is 0 Å². The second-order valence-electron chi connectivity index (χ2n) is 4.37. The normalized spacial score (nSPS) is 13.3. The highest BCUT2D eigenvalue weighted by molar-refractivity contribution is 7.91. The maximum absolute atomic E-state index is 11.4. The molecule has 4 nitrogen and oxygen atoms in total. The van der Waals surface area contributed by atoms with Crippen LogP contribution in [0.1, 0.15) is 19.4 Å². The lowest BCUT2D eigenvalue weighted by Crippen LogP contribution is -2.19. The Morgan fingerprint density at radius 3 is 2.61 bits per heavy atom. The molecular weight excluding hydrogens is 250 g/mol. The van der Waals surface area contributed by atoms with Crippen LogP contribution >= 0.6 is 0 Å². The quantitative estimate of drug-likeness (QED) is 0.813. The molecule has 1 rings (SSSR count). The van der Waals surface area contributed by atoms with Gasteiger partial charge in [-0.3, -0.25) is 0 Å². The highest BCUT2D eigenvalue weighted by Crippen LogP contribution is 2.19. The van der Waals surface area contributed by atoms with E-state index in [0.717, 1.165) is 17.7 Å². The largest absolute Gasteiger partial charge is 0.492 e. The lowest BCUT2D eigenvalue weighted by atomic mass is 10.1. The molecule has 0 aromatic heterocycles. The van der Waals surface area contributed by atoms with Crippen molar-refractivity contribution in [3.63, 3.8) is 0 Å². The molecule has 5 heteroatoms. The third-order valence-corrected chi connectivity index (χ3v) is 4.27. The maximum Gasteiger partial charge on any atom is 0.153 e. The van der Waals surface area contributed by atoms with Gasteiger partial charge in [0.2, 0.25) is 0 Å². The summed E-state index contributed by atoms with van der Waals surface area (Å²) in [6, 6.07) is 7.64. The van der Waals surface area contributed by atoms with Crippen LogP contribution in [0, 0.1) is 0 Å². The van der Waals surface area contributed by atoms with Gasteiger partial charge in [0.25, 0.3) is 0 Å². The molecule has 0 saturated heterocycles. The average Bonchev–Trinajstić information content (AvgIpc) is 2.30.